The molecular formula is C13H12ClN3S2. The van der Waals surface area contributed by atoms with Crippen molar-refractivity contribution in [2.45, 2.75) is 19.9 Å². The quantitative estimate of drug-likeness (QED) is 0.694. The molecule has 3 nitrogen and oxygen atoms in total. The van der Waals surface area contributed by atoms with Gasteiger partial charge in [-0.05, 0) is 44.3 Å². The number of H-pyrrole nitrogens is 1. The summed E-state index contributed by atoms with van der Waals surface area (Å²) in [6.45, 7) is 4.10. The van der Waals surface area contributed by atoms with Crippen LogP contribution < -0.4 is 0 Å². The molecule has 1 N–H and O–H groups in total. The van der Waals surface area contributed by atoms with Gasteiger partial charge >= 0.3 is 0 Å². The van der Waals surface area contributed by atoms with Gasteiger partial charge in [0, 0.05) is 16.1 Å². The first-order valence-corrected chi connectivity index (χ1v) is 7.54. The van der Waals surface area contributed by atoms with Gasteiger partial charge in [-0.2, -0.15) is 0 Å². The maximum absolute atomic E-state index is 6.08. The predicted octanol–water partition coefficient (Wildman–Crippen LogP) is 4.73. The molecule has 0 aliphatic heterocycles. The minimum Gasteiger partial charge on any atom is -0.331 e. The zero-order chi connectivity index (χ0) is 13.6. The van der Waals surface area contributed by atoms with Gasteiger partial charge in [-0.3, -0.25) is 0 Å². The van der Waals surface area contributed by atoms with E-state index < -0.39 is 0 Å². The molecule has 1 aromatic carbocycles. The molecule has 0 fully saturated rings. The largest absolute Gasteiger partial charge is 0.331 e. The number of nitrogens with zero attached hydrogens (tertiary/aromatic N) is 2. The summed E-state index contributed by atoms with van der Waals surface area (Å²) in [6, 6.07) is 5.83. The highest BCUT2D eigenvalue weighted by Gasteiger charge is 2.16. The number of hydrogen-bond acceptors (Lipinski definition) is 3. The summed E-state index contributed by atoms with van der Waals surface area (Å²) in [4.78, 5) is 7.75. The Morgan fingerprint density at radius 1 is 1.47 bits per heavy atom. The third kappa shape index (κ3) is 2.22. The standard InChI is InChI=1S/C13H12ClN3S2/c1-7-6-19-12(15-7)8(2)17-11-5-9(14)3-4-10(11)16-13(17)18/h3-6,8H,1-2H3,(H,16,18). The number of aromatic amines is 1. The van der Waals surface area contributed by atoms with Crippen molar-refractivity contribution >= 4 is 46.2 Å². The van der Waals surface area contributed by atoms with Crippen LogP contribution in [0.15, 0.2) is 23.6 Å². The van der Waals surface area contributed by atoms with E-state index in [2.05, 4.69) is 26.8 Å². The number of thiazole rings is 1. The molecular weight excluding hydrogens is 298 g/mol. The molecule has 0 saturated carbocycles. The average Bonchev–Trinajstić information content (AvgIpc) is 2.91. The van der Waals surface area contributed by atoms with Crippen LogP contribution in [0, 0.1) is 11.7 Å². The monoisotopic (exact) mass is 309 g/mol. The number of rotatable bonds is 2. The first kappa shape index (κ1) is 12.8. The van der Waals surface area contributed by atoms with E-state index in [-0.39, 0.29) is 6.04 Å². The number of aryl methyl sites for hydroxylation is 1. The number of nitrogens with one attached hydrogen (secondary N) is 1. The van der Waals surface area contributed by atoms with Crippen LogP contribution in [-0.2, 0) is 0 Å². The minimum absolute atomic E-state index is 0.0958. The van der Waals surface area contributed by atoms with Crippen LogP contribution in [0.25, 0.3) is 11.0 Å². The third-order valence-electron chi connectivity index (χ3n) is 3.06. The van der Waals surface area contributed by atoms with Crippen molar-refractivity contribution in [3.05, 3.63) is 44.1 Å². The van der Waals surface area contributed by atoms with Crippen LogP contribution in [0.1, 0.15) is 23.7 Å². The maximum Gasteiger partial charge on any atom is 0.178 e. The lowest BCUT2D eigenvalue weighted by atomic mass is 10.3. The molecule has 0 bridgehead atoms. The van der Waals surface area contributed by atoms with Crippen LogP contribution in [0.2, 0.25) is 5.02 Å². The van der Waals surface area contributed by atoms with E-state index in [0.717, 1.165) is 21.7 Å². The lowest BCUT2D eigenvalue weighted by molar-refractivity contribution is 0.643. The molecule has 0 aliphatic rings. The second kappa shape index (κ2) is 4.74. The first-order chi connectivity index (χ1) is 9.06. The van der Waals surface area contributed by atoms with Crippen molar-refractivity contribution in [3.8, 4) is 0 Å². The van der Waals surface area contributed by atoms with Gasteiger partial charge in [0.25, 0.3) is 0 Å². The number of aromatic nitrogens is 3. The molecule has 2 aromatic heterocycles. The van der Waals surface area contributed by atoms with Gasteiger partial charge < -0.3 is 9.55 Å². The lowest BCUT2D eigenvalue weighted by Gasteiger charge is -2.11. The molecule has 98 valence electrons. The summed E-state index contributed by atoms with van der Waals surface area (Å²) >= 11 is 13.2. The average molecular weight is 310 g/mol. The van der Waals surface area contributed by atoms with Crippen LogP contribution >= 0.6 is 35.2 Å². The fourth-order valence-electron chi connectivity index (χ4n) is 2.15. The summed E-state index contributed by atoms with van der Waals surface area (Å²) in [5.74, 6) is 0. The van der Waals surface area contributed by atoms with Crippen molar-refractivity contribution in [1.82, 2.24) is 14.5 Å². The van der Waals surface area contributed by atoms with Crippen LogP contribution in [-0.4, -0.2) is 14.5 Å². The van der Waals surface area contributed by atoms with Gasteiger partial charge in [-0.25, -0.2) is 4.98 Å². The highest BCUT2D eigenvalue weighted by molar-refractivity contribution is 7.71. The van der Waals surface area contributed by atoms with Crippen molar-refractivity contribution in [2.75, 3.05) is 0 Å². The third-order valence-corrected chi connectivity index (χ3v) is 4.73. The normalized spacial score (nSPS) is 13.0. The molecule has 19 heavy (non-hydrogen) atoms. The molecule has 3 aromatic rings. The second-order valence-electron chi connectivity index (χ2n) is 4.46. The van der Waals surface area contributed by atoms with E-state index >= 15 is 0 Å². The summed E-state index contributed by atoms with van der Waals surface area (Å²) < 4.78 is 2.76. The SMILES string of the molecule is Cc1csc(C(C)n2c(=S)[nH]c3ccc(Cl)cc32)n1. The van der Waals surface area contributed by atoms with Gasteiger partial charge in [0.15, 0.2) is 4.77 Å². The highest BCUT2D eigenvalue weighted by Crippen LogP contribution is 2.28. The topological polar surface area (TPSA) is 33.6 Å². The van der Waals surface area contributed by atoms with Crippen LogP contribution in [0.5, 0.6) is 0 Å². The Hall–Kier alpha value is -1.17. The summed E-state index contributed by atoms with van der Waals surface area (Å²) in [7, 11) is 0. The van der Waals surface area contributed by atoms with Crippen molar-refractivity contribution in [2.24, 2.45) is 0 Å². The van der Waals surface area contributed by atoms with E-state index in [9.17, 15) is 0 Å². The Balaban J connectivity index is 2.21. The number of halogens is 1. The number of imidazole rings is 1. The second-order valence-corrected chi connectivity index (χ2v) is 6.18. The van der Waals surface area contributed by atoms with E-state index in [0.29, 0.717) is 9.79 Å². The molecule has 1 unspecified atom stereocenters. The van der Waals surface area contributed by atoms with E-state index in [4.69, 9.17) is 23.8 Å². The van der Waals surface area contributed by atoms with Gasteiger partial charge in [0.1, 0.15) is 5.01 Å². The fourth-order valence-corrected chi connectivity index (χ4v) is 3.53. The summed E-state index contributed by atoms with van der Waals surface area (Å²) in [5.41, 5.74) is 3.05. The Kier molecular flexibility index (Phi) is 3.20. The van der Waals surface area contributed by atoms with E-state index in [1.165, 1.54) is 0 Å². The zero-order valence-corrected chi connectivity index (χ0v) is 12.9. The summed E-state index contributed by atoms with van der Waals surface area (Å²) in [6.07, 6.45) is 0. The molecule has 0 radical (unpaired) electrons. The van der Waals surface area contributed by atoms with Gasteiger partial charge in [0.2, 0.25) is 0 Å². The summed E-state index contributed by atoms with van der Waals surface area (Å²) in [5, 5.41) is 3.81. The van der Waals surface area contributed by atoms with E-state index in [1.807, 2.05) is 25.1 Å². The molecule has 0 spiro atoms. The maximum atomic E-state index is 6.08. The molecule has 3 rings (SSSR count). The predicted molar refractivity (Wildman–Crippen MR) is 82.8 cm³/mol. The van der Waals surface area contributed by atoms with Gasteiger partial charge in [-0.15, -0.1) is 11.3 Å². The lowest BCUT2D eigenvalue weighted by Crippen LogP contribution is -2.06. The van der Waals surface area contributed by atoms with Crippen LogP contribution in [0.3, 0.4) is 0 Å². The first-order valence-electron chi connectivity index (χ1n) is 5.88. The highest BCUT2D eigenvalue weighted by atomic mass is 35.5. The number of fused-ring (bicyclic) bond motifs is 1. The Morgan fingerprint density at radius 3 is 2.95 bits per heavy atom. The molecule has 0 saturated heterocycles. The zero-order valence-electron chi connectivity index (χ0n) is 10.5. The fraction of sp³-hybridized carbons (Fsp3) is 0.231. The van der Waals surface area contributed by atoms with Gasteiger partial charge in [-0.1, -0.05) is 11.6 Å². The van der Waals surface area contributed by atoms with Crippen molar-refractivity contribution in [3.63, 3.8) is 0 Å². The van der Waals surface area contributed by atoms with Crippen molar-refractivity contribution < 1.29 is 0 Å². The molecule has 0 aliphatic carbocycles. The number of benzene rings is 1. The Morgan fingerprint density at radius 2 is 2.26 bits per heavy atom. The van der Waals surface area contributed by atoms with E-state index in [1.54, 1.807) is 11.3 Å². The molecule has 2 heterocycles. The smallest absolute Gasteiger partial charge is 0.178 e. The Labute approximate surface area is 124 Å². The number of hydrogen-bond donors (Lipinski definition) is 1. The van der Waals surface area contributed by atoms with Crippen LogP contribution in [0.4, 0.5) is 0 Å². The Bertz CT molecular complexity index is 800. The molecule has 0 amide bonds. The molecule has 1 atom stereocenters. The minimum atomic E-state index is 0.0958. The van der Waals surface area contributed by atoms with Gasteiger partial charge in [0.05, 0.1) is 17.1 Å². The van der Waals surface area contributed by atoms with Crippen molar-refractivity contribution in [1.29, 1.82) is 0 Å². The molecule has 6 heteroatoms.